The van der Waals surface area contributed by atoms with Gasteiger partial charge in [-0.2, -0.15) is 0 Å². The quantitative estimate of drug-likeness (QED) is 0.461. The minimum absolute atomic E-state index is 0.101. The Morgan fingerprint density at radius 2 is 1.83 bits per heavy atom. The van der Waals surface area contributed by atoms with Crippen LogP contribution in [0.15, 0.2) is 18.2 Å². The van der Waals surface area contributed by atoms with E-state index < -0.39 is 0 Å². The lowest BCUT2D eigenvalue weighted by Crippen LogP contribution is -2.25. The molecule has 0 unspecified atom stereocenters. The standard InChI is InChI=1S/C21H33FO/c1-3-5-7-13-21(14-8-6-9-15-21)16-12-18-10-11-19(23-4-2)17-20(18)22/h10-11,17H,3-9,12-16H2,1-2H3. The molecule has 2 rings (SSSR count). The second-order valence-electron chi connectivity index (χ2n) is 7.20. The number of hydrogen-bond donors (Lipinski definition) is 0. The summed E-state index contributed by atoms with van der Waals surface area (Å²) in [7, 11) is 0. The lowest BCUT2D eigenvalue weighted by molar-refractivity contribution is 0.152. The highest BCUT2D eigenvalue weighted by Gasteiger charge is 2.31. The van der Waals surface area contributed by atoms with Crippen molar-refractivity contribution in [3.63, 3.8) is 0 Å². The monoisotopic (exact) mass is 320 g/mol. The van der Waals surface area contributed by atoms with E-state index in [1.807, 2.05) is 19.1 Å². The van der Waals surface area contributed by atoms with Crippen LogP contribution >= 0.6 is 0 Å². The Morgan fingerprint density at radius 1 is 1.04 bits per heavy atom. The molecule has 0 amide bonds. The van der Waals surface area contributed by atoms with Gasteiger partial charge in [0.25, 0.3) is 0 Å². The molecule has 1 fully saturated rings. The van der Waals surface area contributed by atoms with Crippen LogP contribution in [0.25, 0.3) is 0 Å². The summed E-state index contributed by atoms with van der Waals surface area (Å²) in [6.45, 7) is 4.77. The molecule has 0 aromatic heterocycles. The number of hydrogen-bond acceptors (Lipinski definition) is 1. The van der Waals surface area contributed by atoms with Crippen LogP contribution in [0.2, 0.25) is 0 Å². The Bertz CT molecular complexity index is 463. The van der Waals surface area contributed by atoms with Crippen molar-refractivity contribution < 1.29 is 9.13 Å². The van der Waals surface area contributed by atoms with Crippen LogP contribution < -0.4 is 4.74 Å². The summed E-state index contributed by atoms with van der Waals surface area (Å²) in [5.41, 5.74) is 1.33. The van der Waals surface area contributed by atoms with Gasteiger partial charge in [0.2, 0.25) is 0 Å². The van der Waals surface area contributed by atoms with Crippen LogP contribution in [0.4, 0.5) is 4.39 Å². The molecule has 1 aromatic carbocycles. The molecular weight excluding hydrogens is 287 g/mol. The average Bonchev–Trinajstić information content (AvgIpc) is 2.56. The van der Waals surface area contributed by atoms with Gasteiger partial charge in [-0.25, -0.2) is 4.39 Å². The van der Waals surface area contributed by atoms with Gasteiger partial charge in [-0.15, -0.1) is 0 Å². The van der Waals surface area contributed by atoms with Gasteiger partial charge < -0.3 is 4.74 Å². The summed E-state index contributed by atoms with van der Waals surface area (Å²) < 4.78 is 19.7. The molecule has 0 radical (unpaired) electrons. The summed E-state index contributed by atoms with van der Waals surface area (Å²) in [4.78, 5) is 0. The van der Waals surface area contributed by atoms with E-state index in [0.29, 0.717) is 17.8 Å². The van der Waals surface area contributed by atoms with Crippen molar-refractivity contribution in [3.8, 4) is 5.75 Å². The predicted molar refractivity (Wildman–Crippen MR) is 95.6 cm³/mol. The smallest absolute Gasteiger partial charge is 0.130 e. The highest BCUT2D eigenvalue weighted by molar-refractivity contribution is 5.29. The molecule has 0 spiro atoms. The summed E-state index contributed by atoms with van der Waals surface area (Å²) in [6.07, 6.45) is 14.1. The van der Waals surface area contributed by atoms with Crippen molar-refractivity contribution in [3.05, 3.63) is 29.6 Å². The fourth-order valence-electron chi connectivity index (χ4n) is 4.06. The molecule has 0 bridgehead atoms. The minimum Gasteiger partial charge on any atom is -0.494 e. The van der Waals surface area contributed by atoms with Crippen molar-refractivity contribution in [2.45, 2.75) is 84.5 Å². The first kappa shape index (κ1) is 18.3. The molecule has 0 atom stereocenters. The van der Waals surface area contributed by atoms with Crippen LogP contribution in [0.3, 0.4) is 0 Å². The number of aryl methyl sites for hydroxylation is 1. The van der Waals surface area contributed by atoms with Gasteiger partial charge in [0.15, 0.2) is 0 Å². The lowest BCUT2D eigenvalue weighted by atomic mass is 9.68. The van der Waals surface area contributed by atoms with Crippen molar-refractivity contribution in [2.75, 3.05) is 6.61 Å². The molecule has 1 aliphatic rings. The van der Waals surface area contributed by atoms with Gasteiger partial charge in [-0.05, 0) is 56.1 Å². The van der Waals surface area contributed by atoms with Gasteiger partial charge in [-0.1, -0.05) is 51.5 Å². The Morgan fingerprint density at radius 3 is 2.48 bits per heavy atom. The Labute approximate surface area is 141 Å². The Balaban J connectivity index is 1.97. The molecular formula is C21H33FO. The molecule has 1 nitrogen and oxygen atoms in total. The molecule has 0 saturated heterocycles. The first-order valence-electron chi connectivity index (χ1n) is 9.60. The first-order chi connectivity index (χ1) is 11.2. The van der Waals surface area contributed by atoms with E-state index in [0.717, 1.165) is 18.4 Å². The fraction of sp³-hybridized carbons (Fsp3) is 0.714. The topological polar surface area (TPSA) is 9.23 Å². The maximum atomic E-state index is 14.3. The highest BCUT2D eigenvalue weighted by Crippen LogP contribution is 2.44. The molecule has 1 aromatic rings. The Hall–Kier alpha value is -1.05. The Kier molecular flexibility index (Phi) is 7.39. The summed E-state index contributed by atoms with van der Waals surface area (Å²) in [5.74, 6) is 0.541. The third-order valence-corrected chi connectivity index (χ3v) is 5.49. The van der Waals surface area contributed by atoms with Gasteiger partial charge >= 0.3 is 0 Å². The minimum atomic E-state index is -0.101. The van der Waals surface area contributed by atoms with E-state index in [-0.39, 0.29) is 5.82 Å². The van der Waals surface area contributed by atoms with E-state index in [1.54, 1.807) is 6.07 Å². The molecule has 0 N–H and O–H groups in total. The van der Waals surface area contributed by atoms with Crippen LogP contribution in [-0.4, -0.2) is 6.61 Å². The van der Waals surface area contributed by atoms with Gasteiger partial charge in [0, 0.05) is 6.07 Å². The van der Waals surface area contributed by atoms with E-state index in [4.69, 9.17) is 4.74 Å². The van der Waals surface area contributed by atoms with Crippen molar-refractivity contribution >= 4 is 0 Å². The lowest BCUT2D eigenvalue weighted by Gasteiger charge is -2.38. The van der Waals surface area contributed by atoms with Crippen LogP contribution in [-0.2, 0) is 6.42 Å². The predicted octanol–water partition coefficient (Wildman–Crippen LogP) is 6.69. The van der Waals surface area contributed by atoms with Crippen LogP contribution in [0.1, 0.15) is 83.6 Å². The van der Waals surface area contributed by atoms with E-state index in [9.17, 15) is 4.39 Å². The maximum Gasteiger partial charge on any atom is 0.130 e. The third kappa shape index (κ3) is 5.51. The molecule has 2 heteroatoms. The number of unbranched alkanes of at least 4 members (excludes halogenated alkanes) is 2. The fourth-order valence-corrected chi connectivity index (χ4v) is 4.06. The normalized spacial score (nSPS) is 17.2. The summed E-state index contributed by atoms with van der Waals surface area (Å²) >= 11 is 0. The van der Waals surface area contributed by atoms with Crippen molar-refractivity contribution in [1.82, 2.24) is 0 Å². The largest absolute Gasteiger partial charge is 0.494 e. The zero-order valence-electron chi connectivity index (χ0n) is 15.0. The molecule has 23 heavy (non-hydrogen) atoms. The zero-order valence-corrected chi connectivity index (χ0v) is 15.0. The molecule has 1 saturated carbocycles. The number of ether oxygens (including phenoxy) is 1. The second-order valence-corrected chi connectivity index (χ2v) is 7.20. The van der Waals surface area contributed by atoms with E-state index in [1.165, 1.54) is 57.8 Å². The zero-order chi connectivity index (χ0) is 16.5. The van der Waals surface area contributed by atoms with E-state index in [2.05, 4.69) is 6.92 Å². The molecule has 130 valence electrons. The van der Waals surface area contributed by atoms with E-state index >= 15 is 0 Å². The third-order valence-electron chi connectivity index (χ3n) is 5.49. The van der Waals surface area contributed by atoms with Crippen molar-refractivity contribution in [1.29, 1.82) is 0 Å². The molecule has 0 aliphatic heterocycles. The number of halogens is 1. The SMILES string of the molecule is CCCCCC1(CCc2ccc(OCC)cc2F)CCCCC1. The van der Waals surface area contributed by atoms with Gasteiger partial charge in [0.1, 0.15) is 11.6 Å². The van der Waals surface area contributed by atoms with Gasteiger partial charge in [-0.3, -0.25) is 0 Å². The summed E-state index contributed by atoms with van der Waals surface area (Å²) in [6, 6.07) is 5.37. The average molecular weight is 320 g/mol. The maximum absolute atomic E-state index is 14.3. The second kappa shape index (κ2) is 9.30. The number of benzene rings is 1. The van der Waals surface area contributed by atoms with Crippen LogP contribution in [0.5, 0.6) is 5.75 Å². The van der Waals surface area contributed by atoms with Crippen LogP contribution in [0, 0.1) is 11.2 Å². The molecule has 0 heterocycles. The highest BCUT2D eigenvalue weighted by atomic mass is 19.1. The van der Waals surface area contributed by atoms with Gasteiger partial charge in [0.05, 0.1) is 6.61 Å². The van der Waals surface area contributed by atoms with Crippen molar-refractivity contribution in [2.24, 2.45) is 5.41 Å². The summed E-state index contributed by atoms with van der Waals surface area (Å²) in [5, 5.41) is 0. The first-order valence-corrected chi connectivity index (χ1v) is 9.60. The molecule has 1 aliphatic carbocycles. The number of rotatable bonds is 9.